The number of halogens is 1. The Labute approximate surface area is 192 Å². The van der Waals surface area contributed by atoms with Gasteiger partial charge in [-0.1, -0.05) is 0 Å². The van der Waals surface area contributed by atoms with E-state index in [0.717, 1.165) is 42.6 Å². The number of rotatable bonds is 4. The first-order valence-electron chi connectivity index (χ1n) is 11.3. The largest absolute Gasteiger partial charge is 0.378 e. The fourth-order valence-electron chi connectivity index (χ4n) is 4.57. The van der Waals surface area contributed by atoms with E-state index in [9.17, 15) is 9.18 Å². The van der Waals surface area contributed by atoms with Gasteiger partial charge in [0, 0.05) is 73.8 Å². The summed E-state index contributed by atoms with van der Waals surface area (Å²) in [6.07, 6.45) is 3.55. The van der Waals surface area contributed by atoms with Gasteiger partial charge in [-0.05, 0) is 43.4 Å². The lowest BCUT2D eigenvalue weighted by Gasteiger charge is -2.35. The summed E-state index contributed by atoms with van der Waals surface area (Å²) < 4.78 is 19.5. The number of carbonyl (C=O) groups excluding carboxylic acids is 1. The van der Waals surface area contributed by atoms with E-state index in [2.05, 4.69) is 38.1 Å². The standard InChI is InChI=1S/C25H28FN5O2/c1-29-8-10-30(11-9-29)23-5-3-22(21-17-27-7-6-19(21)23)28-25(32)20-16-18(26)2-4-24(20)31-12-14-33-15-13-31/h2-7,16-17H,8-15H2,1H3,(H,28,32). The van der Waals surface area contributed by atoms with Crippen molar-refractivity contribution in [3.8, 4) is 0 Å². The number of pyridine rings is 1. The van der Waals surface area contributed by atoms with Crippen molar-refractivity contribution in [2.24, 2.45) is 0 Å². The zero-order valence-corrected chi connectivity index (χ0v) is 18.8. The average molecular weight is 450 g/mol. The predicted molar refractivity (Wildman–Crippen MR) is 129 cm³/mol. The molecule has 0 spiro atoms. The molecular formula is C25H28FN5O2. The van der Waals surface area contributed by atoms with Crippen molar-refractivity contribution in [3.63, 3.8) is 0 Å². The third-order valence-corrected chi connectivity index (χ3v) is 6.44. The summed E-state index contributed by atoms with van der Waals surface area (Å²) in [7, 11) is 2.13. The third kappa shape index (κ3) is 4.49. The van der Waals surface area contributed by atoms with Crippen molar-refractivity contribution >= 4 is 33.7 Å². The van der Waals surface area contributed by atoms with Crippen molar-refractivity contribution < 1.29 is 13.9 Å². The van der Waals surface area contributed by atoms with Gasteiger partial charge < -0.3 is 24.8 Å². The molecule has 7 nitrogen and oxygen atoms in total. The molecule has 1 N–H and O–H groups in total. The van der Waals surface area contributed by atoms with Crippen molar-refractivity contribution in [2.45, 2.75) is 0 Å². The van der Waals surface area contributed by atoms with Crippen LogP contribution in [0.4, 0.5) is 21.5 Å². The zero-order valence-electron chi connectivity index (χ0n) is 18.8. The monoisotopic (exact) mass is 449 g/mol. The second-order valence-corrected chi connectivity index (χ2v) is 8.56. The number of benzene rings is 2. The maximum Gasteiger partial charge on any atom is 0.257 e. The molecule has 2 fully saturated rings. The molecule has 0 saturated carbocycles. The average Bonchev–Trinajstić information content (AvgIpc) is 2.85. The van der Waals surface area contributed by atoms with Gasteiger partial charge in [0.15, 0.2) is 0 Å². The van der Waals surface area contributed by atoms with Crippen LogP contribution in [0.5, 0.6) is 0 Å². The second-order valence-electron chi connectivity index (χ2n) is 8.56. The summed E-state index contributed by atoms with van der Waals surface area (Å²) in [6.45, 7) is 6.42. The summed E-state index contributed by atoms with van der Waals surface area (Å²) in [5, 5.41) is 4.92. The number of amides is 1. The molecule has 2 aliphatic heterocycles. The van der Waals surface area contributed by atoms with E-state index in [1.807, 2.05) is 12.1 Å². The number of ether oxygens (including phenoxy) is 1. The van der Waals surface area contributed by atoms with Gasteiger partial charge in [-0.25, -0.2) is 4.39 Å². The molecule has 5 rings (SSSR count). The normalized spacial score (nSPS) is 17.4. The molecule has 1 aromatic heterocycles. The van der Waals surface area contributed by atoms with Gasteiger partial charge >= 0.3 is 0 Å². The SMILES string of the molecule is CN1CCN(c2ccc(NC(=O)c3cc(F)ccc3N3CCOCC3)c3cnccc23)CC1. The number of aromatic nitrogens is 1. The fourth-order valence-corrected chi connectivity index (χ4v) is 4.57. The molecule has 3 aromatic rings. The molecule has 0 atom stereocenters. The summed E-state index contributed by atoms with van der Waals surface area (Å²) >= 11 is 0. The van der Waals surface area contributed by atoms with Crippen LogP contribution in [0.25, 0.3) is 10.8 Å². The third-order valence-electron chi connectivity index (χ3n) is 6.44. The minimum absolute atomic E-state index is 0.317. The number of carbonyl (C=O) groups is 1. The molecule has 0 bridgehead atoms. The molecule has 3 heterocycles. The first-order valence-corrected chi connectivity index (χ1v) is 11.3. The van der Waals surface area contributed by atoms with Crippen molar-refractivity contribution in [3.05, 3.63) is 60.2 Å². The highest BCUT2D eigenvalue weighted by Crippen LogP contribution is 2.33. The lowest BCUT2D eigenvalue weighted by Crippen LogP contribution is -2.44. The minimum Gasteiger partial charge on any atom is -0.378 e. The predicted octanol–water partition coefficient (Wildman–Crippen LogP) is 3.21. The molecule has 33 heavy (non-hydrogen) atoms. The Morgan fingerprint density at radius 3 is 2.45 bits per heavy atom. The van der Waals surface area contributed by atoms with E-state index in [0.29, 0.717) is 43.2 Å². The Morgan fingerprint density at radius 2 is 1.67 bits per heavy atom. The summed E-state index contributed by atoms with van der Waals surface area (Å²) in [5.41, 5.74) is 2.84. The van der Waals surface area contributed by atoms with Crippen LogP contribution in [-0.4, -0.2) is 75.3 Å². The lowest BCUT2D eigenvalue weighted by atomic mass is 10.1. The molecule has 172 valence electrons. The van der Waals surface area contributed by atoms with E-state index in [1.54, 1.807) is 18.5 Å². The van der Waals surface area contributed by atoms with Crippen molar-refractivity contribution in [2.75, 3.05) is 74.6 Å². The smallest absolute Gasteiger partial charge is 0.257 e. The van der Waals surface area contributed by atoms with Crippen LogP contribution in [0.2, 0.25) is 0 Å². The van der Waals surface area contributed by atoms with Gasteiger partial charge in [-0.15, -0.1) is 0 Å². The molecule has 1 amide bonds. The fraction of sp³-hybridized carbons (Fsp3) is 0.360. The first kappa shape index (κ1) is 21.6. The van der Waals surface area contributed by atoms with Crippen LogP contribution in [-0.2, 0) is 4.74 Å². The van der Waals surface area contributed by atoms with E-state index in [1.165, 1.54) is 12.1 Å². The summed E-state index contributed by atoms with van der Waals surface area (Å²) in [4.78, 5) is 24.4. The van der Waals surface area contributed by atoms with E-state index in [-0.39, 0.29) is 5.91 Å². The number of anilines is 3. The van der Waals surface area contributed by atoms with Gasteiger partial charge in [0.1, 0.15) is 5.82 Å². The maximum absolute atomic E-state index is 14.1. The Morgan fingerprint density at radius 1 is 0.939 bits per heavy atom. The molecule has 0 radical (unpaired) electrons. The van der Waals surface area contributed by atoms with Crippen molar-refractivity contribution in [1.29, 1.82) is 0 Å². The number of hydrogen-bond acceptors (Lipinski definition) is 6. The number of nitrogens with zero attached hydrogens (tertiary/aromatic N) is 4. The molecular weight excluding hydrogens is 421 g/mol. The number of piperazine rings is 1. The Balaban J connectivity index is 1.46. The van der Waals surface area contributed by atoms with Gasteiger partial charge in [0.05, 0.1) is 24.5 Å². The van der Waals surface area contributed by atoms with Crippen LogP contribution in [0.3, 0.4) is 0 Å². The summed E-state index contributed by atoms with van der Waals surface area (Å²) in [6, 6.07) is 10.3. The Hall–Kier alpha value is -3.23. The lowest BCUT2D eigenvalue weighted by molar-refractivity contribution is 0.102. The van der Waals surface area contributed by atoms with E-state index < -0.39 is 5.82 Å². The zero-order chi connectivity index (χ0) is 22.8. The number of nitrogens with one attached hydrogen (secondary N) is 1. The van der Waals surface area contributed by atoms with Gasteiger partial charge in [0.2, 0.25) is 0 Å². The molecule has 2 aliphatic rings. The molecule has 2 saturated heterocycles. The van der Waals surface area contributed by atoms with E-state index in [4.69, 9.17) is 4.74 Å². The highest BCUT2D eigenvalue weighted by Gasteiger charge is 2.22. The summed E-state index contributed by atoms with van der Waals surface area (Å²) in [5.74, 6) is -0.775. The van der Waals surface area contributed by atoms with Crippen LogP contribution in [0.15, 0.2) is 48.8 Å². The molecule has 0 unspecified atom stereocenters. The second kappa shape index (κ2) is 9.33. The maximum atomic E-state index is 14.1. The van der Waals surface area contributed by atoms with Crippen LogP contribution in [0, 0.1) is 5.82 Å². The quantitative estimate of drug-likeness (QED) is 0.660. The number of fused-ring (bicyclic) bond motifs is 1. The van der Waals surface area contributed by atoms with Gasteiger partial charge in [-0.2, -0.15) is 0 Å². The highest BCUT2D eigenvalue weighted by molar-refractivity contribution is 6.13. The first-order chi connectivity index (χ1) is 16.1. The minimum atomic E-state index is -0.436. The van der Waals surface area contributed by atoms with Gasteiger partial charge in [-0.3, -0.25) is 9.78 Å². The van der Waals surface area contributed by atoms with Crippen LogP contribution >= 0.6 is 0 Å². The Kier molecular flexibility index (Phi) is 6.11. The number of hydrogen-bond donors (Lipinski definition) is 1. The molecule has 2 aromatic carbocycles. The topological polar surface area (TPSA) is 60.9 Å². The molecule has 8 heteroatoms. The van der Waals surface area contributed by atoms with Gasteiger partial charge in [0.25, 0.3) is 5.91 Å². The number of morpholine rings is 1. The van der Waals surface area contributed by atoms with Crippen LogP contribution in [0.1, 0.15) is 10.4 Å². The highest BCUT2D eigenvalue weighted by atomic mass is 19.1. The van der Waals surface area contributed by atoms with E-state index >= 15 is 0 Å². The van der Waals surface area contributed by atoms with Crippen molar-refractivity contribution in [1.82, 2.24) is 9.88 Å². The molecule has 0 aliphatic carbocycles. The number of likely N-dealkylation sites (N-methyl/N-ethyl adjacent to an activating group) is 1. The van der Waals surface area contributed by atoms with Crippen LogP contribution < -0.4 is 15.1 Å². The Bertz CT molecular complexity index is 1160.